The lowest BCUT2D eigenvalue weighted by Crippen LogP contribution is -2.11. The lowest BCUT2D eigenvalue weighted by Gasteiger charge is -2.10. The Hall–Kier alpha value is -1.21. The summed E-state index contributed by atoms with van der Waals surface area (Å²) in [5, 5.41) is 0. The van der Waals surface area contributed by atoms with E-state index in [0.717, 1.165) is 12.0 Å². The van der Waals surface area contributed by atoms with E-state index in [1.54, 1.807) is 0 Å². The van der Waals surface area contributed by atoms with E-state index < -0.39 is 5.97 Å². The van der Waals surface area contributed by atoms with Gasteiger partial charge in [-0.3, -0.25) is 0 Å². The fourth-order valence-corrected chi connectivity index (χ4v) is 0.801. The van der Waals surface area contributed by atoms with Crippen molar-refractivity contribution in [2.75, 3.05) is 13.7 Å². The minimum Gasteiger partial charge on any atom is -0.480 e. The monoisotopic (exact) mass is 154 g/mol. The van der Waals surface area contributed by atoms with Crippen molar-refractivity contribution in [1.82, 2.24) is 0 Å². The van der Waals surface area contributed by atoms with Crippen molar-refractivity contribution in [2.45, 2.75) is 13.3 Å². The number of hydrogen-bond donors (Lipinski definition) is 0. The van der Waals surface area contributed by atoms with Crippen molar-refractivity contribution in [2.24, 2.45) is 0 Å². The van der Waals surface area contributed by atoms with Gasteiger partial charge in [-0.2, -0.15) is 0 Å². The lowest BCUT2D eigenvalue weighted by atomic mass is 10.2. The molecule has 0 atom stereocenters. The van der Waals surface area contributed by atoms with Crippen LogP contribution in [0.2, 0.25) is 0 Å². The summed E-state index contributed by atoms with van der Waals surface area (Å²) in [6, 6.07) is 0. The summed E-state index contributed by atoms with van der Waals surface area (Å²) in [5.74, 6) is -0.264. The predicted molar refractivity (Wildman–Crippen MR) is 38.8 cm³/mol. The van der Waals surface area contributed by atoms with Crippen LogP contribution in [0.25, 0.3) is 0 Å². The largest absolute Gasteiger partial charge is 0.480 e. The molecule has 1 heterocycles. The Morgan fingerprint density at radius 3 is 3.00 bits per heavy atom. The number of rotatable bonds is 1. The molecule has 3 nitrogen and oxygen atoms in total. The molecule has 1 aliphatic heterocycles. The number of hydrogen-bond acceptors (Lipinski definition) is 3. The Labute approximate surface area is 65.3 Å². The summed E-state index contributed by atoms with van der Waals surface area (Å²) in [7, 11) is 1.32. The van der Waals surface area contributed by atoms with Gasteiger partial charge in [0.15, 0.2) is 0 Å². The molecular formula is C8H10O3. The fourth-order valence-electron chi connectivity index (χ4n) is 0.801. The maximum atomic E-state index is 10.9. The molecule has 3 heteroatoms. The Balaban J connectivity index is 2.86. The number of carbonyl (C=O) groups is 1. The molecule has 0 saturated heterocycles. The predicted octanol–water partition coefficient (Wildman–Crippen LogP) is 1.01. The summed E-state index contributed by atoms with van der Waals surface area (Å²) in [6.45, 7) is 2.45. The Morgan fingerprint density at radius 2 is 2.45 bits per heavy atom. The van der Waals surface area contributed by atoms with Crippen LogP contribution in [0.4, 0.5) is 0 Å². The number of esters is 1. The van der Waals surface area contributed by atoms with Gasteiger partial charge in [-0.1, -0.05) is 5.73 Å². The average molecular weight is 154 g/mol. The van der Waals surface area contributed by atoms with E-state index >= 15 is 0 Å². The van der Waals surface area contributed by atoms with Gasteiger partial charge < -0.3 is 9.47 Å². The van der Waals surface area contributed by atoms with Crippen molar-refractivity contribution >= 4 is 5.97 Å². The molecule has 0 aromatic heterocycles. The molecule has 0 N–H and O–H groups in total. The first-order valence-electron chi connectivity index (χ1n) is 3.41. The fraction of sp³-hybridized carbons (Fsp3) is 0.500. The highest BCUT2D eigenvalue weighted by atomic mass is 16.6. The van der Waals surface area contributed by atoms with Crippen LogP contribution in [0.3, 0.4) is 0 Å². The smallest absolute Gasteiger partial charge is 0.381 e. The quantitative estimate of drug-likeness (QED) is 0.417. The molecule has 1 rings (SSSR count). The van der Waals surface area contributed by atoms with E-state index in [1.807, 2.05) is 6.92 Å². The summed E-state index contributed by atoms with van der Waals surface area (Å²) in [4.78, 5) is 10.9. The molecule has 0 aromatic rings. The third-order valence-corrected chi connectivity index (χ3v) is 1.42. The van der Waals surface area contributed by atoms with Crippen LogP contribution >= 0.6 is 0 Å². The normalized spacial score (nSPS) is 16.2. The molecule has 1 aliphatic rings. The molecule has 60 valence electrons. The van der Waals surface area contributed by atoms with Crippen molar-refractivity contribution in [3.63, 3.8) is 0 Å². The highest BCUT2D eigenvalue weighted by Crippen LogP contribution is 2.10. The number of ether oxygens (including phenoxy) is 2. The zero-order chi connectivity index (χ0) is 8.27. The van der Waals surface area contributed by atoms with Crippen LogP contribution in [0.5, 0.6) is 0 Å². The molecule has 0 saturated carbocycles. The van der Waals surface area contributed by atoms with E-state index in [0.29, 0.717) is 6.61 Å². The zero-order valence-electron chi connectivity index (χ0n) is 6.64. The standard InChI is InChI=1S/C8H10O3/c1-6-3-4-11-7(5-6)8(9)10-2/h3-4H2,1-2H3. The van der Waals surface area contributed by atoms with Crippen LogP contribution in [0.1, 0.15) is 13.3 Å². The topological polar surface area (TPSA) is 35.5 Å². The van der Waals surface area contributed by atoms with Crippen molar-refractivity contribution in [3.05, 3.63) is 17.1 Å². The van der Waals surface area contributed by atoms with Gasteiger partial charge in [-0.25, -0.2) is 4.79 Å². The number of methoxy groups -OCH3 is 1. The third-order valence-electron chi connectivity index (χ3n) is 1.42. The van der Waals surface area contributed by atoms with Gasteiger partial charge >= 0.3 is 5.97 Å². The van der Waals surface area contributed by atoms with E-state index in [1.165, 1.54) is 7.11 Å². The molecule has 0 fully saturated rings. The first-order chi connectivity index (χ1) is 5.24. The first kappa shape index (κ1) is 7.89. The van der Waals surface area contributed by atoms with Gasteiger partial charge in [0.05, 0.1) is 13.7 Å². The van der Waals surface area contributed by atoms with Gasteiger partial charge in [-0.15, -0.1) is 0 Å². The van der Waals surface area contributed by atoms with Gasteiger partial charge in [0.2, 0.25) is 5.76 Å². The lowest BCUT2D eigenvalue weighted by molar-refractivity contribution is -0.140. The molecule has 0 radical (unpaired) electrons. The molecule has 0 aliphatic carbocycles. The second-order valence-electron chi connectivity index (χ2n) is 2.32. The zero-order valence-corrected chi connectivity index (χ0v) is 6.64. The molecule has 11 heavy (non-hydrogen) atoms. The number of carbonyl (C=O) groups excluding carboxylic acids is 1. The highest BCUT2D eigenvalue weighted by molar-refractivity contribution is 5.86. The minimum absolute atomic E-state index is 0.191. The van der Waals surface area contributed by atoms with Crippen LogP contribution in [0.15, 0.2) is 17.1 Å². The van der Waals surface area contributed by atoms with Gasteiger partial charge in [0, 0.05) is 6.42 Å². The summed E-state index contributed by atoms with van der Waals surface area (Å²) < 4.78 is 9.47. The molecule has 0 spiro atoms. The molecule has 0 unspecified atom stereocenters. The first-order valence-corrected chi connectivity index (χ1v) is 3.41. The second-order valence-corrected chi connectivity index (χ2v) is 2.32. The molecule has 0 amide bonds. The van der Waals surface area contributed by atoms with Crippen LogP contribution < -0.4 is 0 Å². The molecule has 0 aromatic carbocycles. The van der Waals surface area contributed by atoms with Crippen molar-refractivity contribution in [3.8, 4) is 0 Å². The van der Waals surface area contributed by atoms with Crippen LogP contribution in [-0.2, 0) is 14.3 Å². The van der Waals surface area contributed by atoms with E-state index in [4.69, 9.17) is 4.74 Å². The Morgan fingerprint density at radius 1 is 1.73 bits per heavy atom. The maximum absolute atomic E-state index is 10.9. The van der Waals surface area contributed by atoms with E-state index in [-0.39, 0.29) is 5.76 Å². The highest BCUT2D eigenvalue weighted by Gasteiger charge is 2.13. The Kier molecular flexibility index (Phi) is 2.34. The molecular weight excluding hydrogens is 144 g/mol. The van der Waals surface area contributed by atoms with Gasteiger partial charge in [0.25, 0.3) is 0 Å². The summed E-state index contributed by atoms with van der Waals surface area (Å²) in [5.41, 5.74) is 3.83. The Bertz CT molecular complexity index is 234. The average Bonchev–Trinajstić information content (AvgIpc) is 2.03. The van der Waals surface area contributed by atoms with Crippen molar-refractivity contribution in [1.29, 1.82) is 0 Å². The second kappa shape index (κ2) is 3.26. The molecule has 0 bridgehead atoms. The van der Waals surface area contributed by atoms with E-state index in [2.05, 4.69) is 10.5 Å². The SMILES string of the molecule is COC(=O)C1=C=C(C)CCO1. The summed E-state index contributed by atoms with van der Waals surface area (Å²) in [6.07, 6.45) is 0.834. The van der Waals surface area contributed by atoms with E-state index in [9.17, 15) is 4.79 Å². The third kappa shape index (κ3) is 1.85. The van der Waals surface area contributed by atoms with Crippen molar-refractivity contribution < 1.29 is 14.3 Å². The van der Waals surface area contributed by atoms with Gasteiger partial charge in [0.1, 0.15) is 0 Å². The maximum Gasteiger partial charge on any atom is 0.381 e. The van der Waals surface area contributed by atoms with Gasteiger partial charge in [-0.05, 0) is 12.5 Å². The van der Waals surface area contributed by atoms with Crippen LogP contribution in [0, 0.1) is 0 Å². The minimum atomic E-state index is -0.455. The summed E-state index contributed by atoms with van der Waals surface area (Å²) >= 11 is 0. The van der Waals surface area contributed by atoms with Crippen LogP contribution in [-0.4, -0.2) is 19.7 Å².